The summed E-state index contributed by atoms with van der Waals surface area (Å²) < 4.78 is 13.3. The van der Waals surface area contributed by atoms with E-state index in [1.807, 2.05) is 6.92 Å². The summed E-state index contributed by atoms with van der Waals surface area (Å²) in [5, 5.41) is 2.04. The lowest BCUT2D eigenvalue weighted by molar-refractivity contribution is -0.154. The number of fused-ring (bicyclic) bond motifs is 1. The van der Waals surface area contributed by atoms with Crippen LogP contribution in [0.25, 0.3) is 0 Å². The first-order valence-electron chi connectivity index (χ1n) is 10.6. The zero-order chi connectivity index (χ0) is 23.9. The second kappa shape index (κ2) is 9.23. The van der Waals surface area contributed by atoms with E-state index in [4.69, 9.17) is 23.2 Å². The third-order valence-corrected chi connectivity index (χ3v) is 7.01. The monoisotopic (exact) mass is 490 g/mol. The van der Waals surface area contributed by atoms with Gasteiger partial charge < -0.3 is 0 Å². The molecule has 0 N–H and O–H groups in total. The standard InChI is InChI=1S/C24H21Cl2FN2O4/c1-13-2-8-17-18(10-13)24(33)29(23(17)32)28(12-21(30)14-3-6-16(27)7-4-14)22(31)15-5-9-19(25)20(26)11-15/h3-7,9,11,13,17-18H,2,8,10,12H2,1H3/t13-,17-,18-/m1/s1. The molecular weight excluding hydrogens is 470 g/mol. The molecule has 3 amide bonds. The summed E-state index contributed by atoms with van der Waals surface area (Å²) in [6, 6.07) is 8.98. The molecule has 172 valence electrons. The summed E-state index contributed by atoms with van der Waals surface area (Å²) in [7, 11) is 0. The van der Waals surface area contributed by atoms with E-state index in [2.05, 4.69) is 0 Å². The molecule has 2 aromatic carbocycles. The van der Waals surface area contributed by atoms with E-state index in [-0.39, 0.29) is 27.1 Å². The lowest BCUT2D eigenvalue weighted by Crippen LogP contribution is -2.52. The van der Waals surface area contributed by atoms with Crippen molar-refractivity contribution in [2.75, 3.05) is 6.54 Å². The smallest absolute Gasteiger partial charge is 0.273 e. The van der Waals surface area contributed by atoms with Crippen molar-refractivity contribution in [3.63, 3.8) is 0 Å². The van der Waals surface area contributed by atoms with Gasteiger partial charge in [-0.1, -0.05) is 30.1 Å². The van der Waals surface area contributed by atoms with Gasteiger partial charge in [0.05, 0.1) is 21.9 Å². The quantitative estimate of drug-likeness (QED) is 0.445. The molecule has 33 heavy (non-hydrogen) atoms. The van der Waals surface area contributed by atoms with Gasteiger partial charge >= 0.3 is 0 Å². The van der Waals surface area contributed by atoms with Crippen molar-refractivity contribution in [1.29, 1.82) is 0 Å². The molecular formula is C24H21Cl2FN2O4. The summed E-state index contributed by atoms with van der Waals surface area (Å²) >= 11 is 12.0. The Kier molecular flexibility index (Phi) is 6.54. The lowest BCUT2D eigenvalue weighted by Gasteiger charge is -2.30. The summed E-state index contributed by atoms with van der Waals surface area (Å²) in [6.45, 7) is 1.45. The normalized spacial score (nSPS) is 22.3. The third kappa shape index (κ3) is 4.52. The number of carbonyl (C=O) groups excluding carboxylic acids is 4. The molecule has 4 rings (SSSR count). The molecule has 2 fully saturated rings. The number of nitrogens with zero attached hydrogens (tertiary/aromatic N) is 2. The molecule has 2 aliphatic rings. The van der Waals surface area contributed by atoms with Crippen LogP contribution in [-0.2, 0) is 9.59 Å². The molecule has 0 radical (unpaired) electrons. The van der Waals surface area contributed by atoms with E-state index < -0.39 is 47.7 Å². The van der Waals surface area contributed by atoms with Crippen LogP contribution in [0.4, 0.5) is 4.39 Å². The van der Waals surface area contributed by atoms with Crippen molar-refractivity contribution in [3.8, 4) is 0 Å². The van der Waals surface area contributed by atoms with Gasteiger partial charge in [-0.15, -0.1) is 0 Å². The van der Waals surface area contributed by atoms with Crippen LogP contribution in [0.5, 0.6) is 0 Å². The Bertz CT molecular complexity index is 1140. The second-order valence-corrected chi connectivity index (χ2v) is 9.36. The number of hydrogen-bond donors (Lipinski definition) is 0. The van der Waals surface area contributed by atoms with Crippen molar-refractivity contribution in [2.45, 2.75) is 26.2 Å². The SMILES string of the molecule is C[C@@H]1CC[C@H]2C(=O)N(N(CC(=O)c3ccc(F)cc3)C(=O)c3ccc(Cl)c(Cl)c3)C(=O)[C@@H]2C1. The first kappa shape index (κ1) is 23.4. The van der Waals surface area contributed by atoms with Gasteiger partial charge in [-0.3, -0.25) is 19.2 Å². The number of ketones is 1. The topological polar surface area (TPSA) is 74.8 Å². The molecule has 1 saturated heterocycles. The average Bonchev–Trinajstić information content (AvgIpc) is 3.03. The van der Waals surface area contributed by atoms with E-state index in [1.54, 1.807) is 0 Å². The van der Waals surface area contributed by atoms with Crippen LogP contribution in [-0.4, -0.2) is 40.1 Å². The van der Waals surface area contributed by atoms with E-state index in [0.29, 0.717) is 12.8 Å². The highest BCUT2D eigenvalue weighted by Gasteiger charge is 2.52. The molecule has 3 atom stereocenters. The molecule has 6 nitrogen and oxygen atoms in total. The van der Waals surface area contributed by atoms with Crippen LogP contribution < -0.4 is 0 Å². The van der Waals surface area contributed by atoms with Crippen molar-refractivity contribution < 1.29 is 23.6 Å². The molecule has 2 aromatic rings. The van der Waals surface area contributed by atoms with Crippen molar-refractivity contribution >= 4 is 46.7 Å². The van der Waals surface area contributed by atoms with Gasteiger partial charge in [0.1, 0.15) is 12.4 Å². The Morgan fingerprint density at radius 3 is 2.27 bits per heavy atom. The minimum absolute atomic E-state index is 0.0696. The number of amides is 3. The highest BCUT2D eigenvalue weighted by Crippen LogP contribution is 2.41. The highest BCUT2D eigenvalue weighted by atomic mass is 35.5. The largest absolute Gasteiger partial charge is 0.292 e. The van der Waals surface area contributed by atoms with Crippen LogP contribution in [0.1, 0.15) is 46.9 Å². The van der Waals surface area contributed by atoms with Gasteiger partial charge in [0, 0.05) is 11.1 Å². The Labute approximate surface area is 200 Å². The molecule has 1 aliphatic carbocycles. The third-order valence-electron chi connectivity index (χ3n) is 6.27. The molecule has 9 heteroatoms. The number of Topliss-reactive ketones (excluding diaryl/α,β-unsaturated/α-hetero) is 1. The van der Waals surface area contributed by atoms with Crippen molar-refractivity contribution in [1.82, 2.24) is 10.0 Å². The predicted molar refractivity (Wildman–Crippen MR) is 120 cm³/mol. The maximum Gasteiger partial charge on any atom is 0.273 e. The van der Waals surface area contributed by atoms with Crippen LogP contribution >= 0.6 is 23.2 Å². The number of benzene rings is 2. The Hall–Kier alpha value is -2.77. The Morgan fingerprint density at radius 2 is 1.61 bits per heavy atom. The molecule has 0 unspecified atom stereocenters. The van der Waals surface area contributed by atoms with E-state index >= 15 is 0 Å². The number of carbonyl (C=O) groups is 4. The summed E-state index contributed by atoms with van der Waals surface area (Å²) in [5.41, 5.74) is 0.216. The molecule has 0 spiro atoms. The minimum atomic E-state index is -0.738. The van der Waals surface area contributed by atoms with Crippen LogP contribution in [0, 0.1) is 23.6 Å². The average molecular weight is 491 g/mol. The summed E-state index contributed by atoms with van der Waals surface area (Å²) in [5.74, 6) is -3.54. The fourth-order valence-corrected chi connectivity index (χ4v) is 4.78. The van der Waals surface area contributed by atoms with Gasteiger partial charge in [-0.25, -0.2) is 9.40 Å². The molecule has 1 saturated carbocycles. The Morgan fingerprint density at radius 1 is 0.970 bits per heavy atom. The number of hydrogen-bond acceptors (Lipinski definition) is 4. The number of hydrazine groups is 1. The molecule has 0 bridgehead atoms. The van der Waals surface area contributed by atoms with Gasteiger partial charge in [-0.2, -0.15) is 5.01 Å². The minimum Gasteiger partial charge on any atom is -0.292 e. The molecule has 1 heterocycles. The van der Waals surface area contributed by atoms with Crippen LogP contribution in [0.2, 0.25) is 10.0 Å². The Balaban J connectivity index is 1.70. The van der Waals surface area contributed by atoms with Crippen LogP contribution in [0.15, 0.2) is 42.5 Å². The van der Waals surface area contributed by atoms with E-state index in [9.17, 15) is 23.6 Å². The zero-order valence-corrected chi connectivity index (χ0v) is 19.3. The summed E-state index contributed by atoms with van der Waals surface area (Å²) in [6.07, 6.45) is 1.91. The number of rotatable bonds is 5. The van der Waals surface area contributed by atoms with E-state index in [0.717, 1.165) is 28.6 Å². The van der Waals surface area contributed by atoms with Gasteiger partial charge in [-0.05, 0) is 67.6 Å². The van der Waals surface area contributed by atoms with Crippen molar-refractivity contribution in [3.05, 3.63) is 69.5 Å². The second-order valence-electron chi connectivity index (χ2n) is 8.54. The first-order chi connectivity index (χ1) is 15.7. The molecule has 0 aromatic heterocycles. The maximum atomic E-state index is 13.4. The van der Waals surface area contributed by atoms with E-state index in [1.165, 1.54) is 30.3 Å². The first-order valence-corrected chi connectivity index (χ1v) is 11.4. The fraction of sp³-hybridized carbons (Fsp3) is 0.333. The molecule has 1 aliphatic heterocycles. The fourth-order valence-electron chi connectivity index (χ4n) is 4.48. The van der Waals surface area contributed by atoms with Gasteiger partial charge in [0.25, 0.3) is 17.7 Å². The predicted octanol–water partition coefficient (Wildman–Crippen LogP) is 4.79. The zero-order valence-electron chi connectivity index (χ0n) is 17.8. The number of halogens is 3. The van der Waals surface area contributed by atoms with Gasteiger partial charge in [0.2, 0.25) is 0 Å². The highest BCUT2D eigenvalue weighted by molar-refractivity contribution is 6.42. The lowest BCUT2D eigenvalue weighted by atomic mass is 9.76. The van der Waals surface area contributed by atoms with Crippen molar-refractivity contribution in [2.24, 2.45) is 17.8 Å². The maximum absolute atomic E-state index is 13.4. The van der Waals surface area contributed by atoms with Crippen LogP contribution in [0.3, 0.4) is 0 Å². The number of imide groups is 1. The van der Waals surface area contributed by atoms with Gasteiger partial charge in [0.15, 0.2) is 5.78 Å². The summed E-state index contributed by atoms with van der Waals surface area (Å²) in [4.78, 5) is 52.9.